The third-order valence-corrected chi connectivity index (χ3v) is 11.1. The molecule has 0 spiro atoms. The molecule has 0 fully saturated rings. The molecule has 2 heterocycles. The van der Waals surface area contributed by atoms with Gasteiger partial charge in [0.05, 0.1) is 0 Å². The Labute approximate surface area is 318 Å². The summed E-state index contributed by atoms with van der Waals surface area (Å²) >= 11 is 0. The zero-order chi connectivity index (χ0) is 36.3. The van der Waals surface area contributed by atoms with Crippen LogP contribution >= 0.6 is 0 Å². The monoisotopic (exact) mass is 703 g/mol. The summed E-state index contributed by atoms with van der Waals surface area (Å²) in [7, 11) is 0. The third-order valence-electron chi connectivity index (χ3n) is 11.1. The molecule has 0 aliphatic heterocycles. The van der Waals surface area contributed by atoms with Crippen LogP contribution in [-0.4, -0.2) is 15.0 Å². The van der Waals surface area contributed by atoms with Crippen LogP contribution in [0.4, 0.5) is 0 Å². The van der Waals surface area contributed by atoms with E-state index in [9.17, 15) is 0 Å². The number of hydrogen-bond acceptors (Lipinski definition) is 4. The van der Waals surface area contributed by atoms with Gasteiger partial charge in [0, 0.05) is 27.8 Å². The molecule has 2 aromatic heterocycles. The van der Waals surface area contributed by atoms with Crippen LogP contribution in [0.25, 0.3) is 94.6 Å². The van der Waals surface area contributed by atoms with Gasteiger partial charge in [0.25, 0.3) is 0 Å². The number of aromatic nitrogens is 3. The second-order valence-electron chi connectivity index (χ2n) is 14.4. The highest BCUT2D eigenvalue weighted by molar-refractivity contribution is 6.12. The molecule has 1 atom stereocenters. The third kappa shape index (κ3) is 5.50. The van der Waals surface area contributed by atoms with Gasteiger partial charge >= 0.3 is 0 Å². The molecular formula is C51H33N3O. The Morgan fingerprint density at radius 1 is 0.455 bits per heavy atom. The Bertz CT molecular complexity index is 3120. The Kier molecular flexibility index (Phi) is 7.27. The SMILES string of the molecule is C1=CC(c2nc(-c3ccc4ccccc4c3)nc(-c3cccc4oc5cc(-c6ccc(-c7ccccc7)cc6)ccc5c34)n2)Cc2ccc3ccccc3c21. The van der Waals surface area contributed by atoms with Crippen molar-refractivity contribution in [2.24, 2.45) is 0 Å². The lowest BCUT2D eigenvalue weighted by atomic mass is 9.86. The van der Waals surface area contributed by atoms with Gasteiger partial charge in [0.1, 0.15) is 17.0 Å². The van der Waals surface area contributed by atoms with Crippen molar-refractivity contribution in [1.29, 1.82) is 0 Å². The summed E-state index contributed by atoms with van der Waals surface area (Å²) in [5, 5.41) is 6.88. The van der Waals surface area contributed by atoms with Crippen molar-refractivity contribution < 1.29 is 4.42 Å². The first-order valence-corrected chi connectivity index (χ1v) is 18.8. The molecule has 0 bridgehead atoms. The van der Waals surface area contributed by atoms with Crippen molar-refractivity contribution in [2.75, 3.05) is 0 Å². The molecule has 0 radical (unpaired) electrons. The van der Waals surface area contributed by atoms with Gasteiger partial charge in [0.2, 0.25) is 0 Å². The van der Waals surface area contributed by atoms with Crippen LogP contribution in [0.15, 0.2) is 180 Å². The second-order valence-corrected chi connectivity index (χ2v) is 14.4. The number of allylic oxidation sites excluding steroid dienone is 1. The van der Waals surface area contributed by atoms with Gasteiger partial charge in [-0.25, -0.2) is 15.0 Å². The van der Waals surface area contributed by atoms with Crippen LogP contribution in [0.1, 0.15) is 22.9 Å². The fourth-order valence-electron chi connectivity index (χ4n) is 8.22. The molecule has 1 aliphatic rings. The van der Waals surface area contributed by atoms with E-state index in [0.29, 0.717) is 11.6 Å². The minimum absolute atomic E-state index is 0.00856. The molecule has 1 unspecified atom stereocenters. The minimum Gasteiger partial charge on any atom is -0.456 e. The molecule has 55 heavy (non-hydrogen) atoms. The number of rotatable bonds is 5. The van der Waals surface area contributed by atoms with E-state index in [2.05, 4.69) is 164 Å². The topological polar surface area (TPSA) is 51.8 Å². The lowest BCUT2D eigenvalue weighted by Gasteiger charge is -2.21. The van der Waals surface area contributed by atoms with Crippen molar-refractivity contribution in [3.8, 4) is 45.0 Å². The molecule has 11 rings (SSSR count). The van der Waals surface area contributed by atoms with E-state index < -0.39 is 0 Å². The van der Waals surface area contributed by atoms with E-state index in [1.54, 1.807) is 0 Å². The molecule has 10 aromatic rings. The molecule has 0 saturated heterocycles. The van der Waals surface area contributed by atoms with Crippen molar-refractivity contribution in [1.82, 2.24) is 15.0 Å². The maximum atomic E-state index is 6.57. The average Bonchev–Trinajstić information content (AvgIpc) is 3.64. The second kappa shape index (κ2) is 12.8. The normalized spacial score (nSPS) is 13.9. The van der Waals surface area contributed by atoms with Gasteiger partial charge in [-0.3, -0.25) is 0 Å². The maximum Gasteiger partial charge on any atom is 0.164 e. The first-order chi connectivity index (χ1) is 27.2. The summed E-state index contributed by atoms with van der Waals surface area (Å²) in [6.45, 7) is 0. The first kappa shape index (κ1) is 31.4. The maximum absolute atomic E-state index is 6.57. The quantitative estimate of drug-likeness (QED) is 0.179. The predicted molar refractivity (Wildman–Crippen MR) is 226 cm³/mol. The number of fused-ring (bicyclic) bond motifs is 7. The molecule has 0 saturated carbocycles. The van der Waals surface area contributed by atoms with Gasteiger partial charge in [0.15, 0.2) is 11.6 Å². The molecule has 0 N–H and O–H groups in total. The van der Waals surface area contributed by atoms with E-state index in [4.69, 9.17) is 19.4 Å². The van der Waals surface area contributed by atoms with Crippen LogP contribution in [0.5, 0.6) is 0 Å². The zero-order valence-corrected chi connectivity index (χ0v) is 29.9. The zero-order valence-electron chi connectivity index (χ0n) is 29.9. The molecule has 4 nitrogen and oxygen atoms in total. The van der Waals surface area contributed by atoms with Crippen LogP contribution in [0.2, 0.25) is 0 Å². The van der Waals surface area contributed by atoms with Crippen molar-refractivity contribution in [2.45, 2.75) is 12.3 Å². The molecule has 0 amide bonds. The van der Waals surface area contributed by atoms with E-state index >= 15 is 0 Å². The van der Waals surface area contributed by atoms with E-state index in [-0.39, 0.29) is 5.92 Å². The summed E-state index contributed by atoms with van der Waals surface area (Å²) in [6, 6.07) is 59.8. The number of nitrogens with zero attached hydrogens (tertiary/aromatic N) is 3. The molecule has 4 heteroatoms. The van der Waals surface area contributed by atoms with Crippen molar-refractivity contribution in [3.05, 3.63) is 193 Å². The van der Waals surface area contributed by atoms with Gasteiger partial charge < -0.3 is 4.42 Å². The standard InChI is InChI=1S/C51H33N3O/c1-2-9-32(10-3-1)34-17-19-35(20-18-34)38-25-28-44-47(31-38)55-46-16-8-15-45(48(44)46)51-53-49(40-24-21-33-11-4-5-13-37(33)29-40)52-50(54-51)41-26-27-43-39(30-41)23-22-36-12-6-7-14-42(36)43/h1-29,31,41H,30H2. The lowest BCUT2D eigenvalue weighted by Crippen LogP contribution is -2.12. The highest BCUT2D eigenvalue weighted by atomic mass is 16.3. The first-order valence-electron chi connectivity index (χ1n) is 18.8. The fourth-order valence-corrected chi connectivity index (χ4v) is 8.22. The molecule has 8 aromatic carbocycles. The average molecular weight is 704 g/mol. The predicted octanol–water partition coefficient (Wildman–Crippen LogP) is 13.1. The largest absolute Gasteiger partial charge is 0.456 e. The van der Waals surface area contributed by atoms with Crippen LogP contribution in [0.3, 0.4) is 0 Å². The Morgan fingerprint density at radius 2 is 1.15 bits per heavy atom. The Morgan fingerprint density at radius 3 is 2.02 bits per heavy atom. The summed E-state index contributed by atoms with van der Waals surface area (Å²) in [4.78, 5) is 15.7. The molecule has 1 aliphatic carbocycles. The fraction of sp³-hybridized carbons (Fsp3) is 0.0392. The summed E-state index contributed by atoms with van der Waals surface area (Å²) in [6.07, 6.45) is 5.33. The van der Waals surface area contributed by atoms with Gasteiger partial charge in [-0.2, -0.15) is 0 Å². The van der Waals surface area contributed by atoms with Crippen LogP contribution < -0.4 is 0 Å². The number of benzene rings is 8. The van der Waals surface area contributed by atoms with Crippen molar-refractivity contribution in [3.63, 3.8) is 0 Å². The summed E-state index contributed by atoms with van der Waals surface area (Å²) < 4.78 is 6.57. The van der Waals surface area contributed by atoms with Gasteiger partial charge in [-0.1, -0.05) is 158 Å². The highest BCUT2D eigenvalue weighted by Gasteiger charge is 2.24. The Hall–Kier alpha value is -7.17. The molecular weight excluding hydrogens is 671 g/mol. The number of furan rings is 1. The van der Waals surface area contributed by atoms with Crippen LogP contribution in [-0.2, 0) is 6.42 Å². The van der Waals surface area contributed by atoms with E-state index in [1.165, 1.54) is 38.4 Å². The number of hydrogen-bond donors (Lipinski definition) is 0. The molecule has 258 valence electrons. The van der Waals surface area contributed by atoms with E-state index in [0.717, 1.165) is 61.8 Å². The van der Waals surface area contributed by atoms with Gasteiger partial charge in [-0.05, 0) is 85.6 Å². The smallest absolute Gasteiger partial charge is 0.164 e. The minimum atomic E-state index is -0.00856. The van der Waals surface area contributed by atoms with Crippen LogP contribution in [0, 0.1) is 0 Å². The Balaban J connectivity index is 1.03. The highest BCUT2D eigenvalue weighted by Crippen LogP contribution is 2.39. The van der Waals surface area contributed by atoms with Gasteiger partial charge in [-0.15, -0.1) is 0 Å². The summed E-state index contributed by atoms with van der Waals surface area (Å²) in [5.41, 5.74) is 10.7. The van der Waals surface area contributed by atoms with Crippen molar-refractivity contribution >= 4 is 49.6 Å². The lowest BCUT2D eigenvalue weighted by molar-refractivity contribution is 0.669. The van der Waals surface area contributed by atoms with E-state index in [1.807, 2.05) is 18.2 Å². The summed E-state index contributed by atoms with van der Waals surface area (Å²) in [5.74, 6) is 2.05.